The molecular weight excluding hydrogens is 345 g/mol. The molecule has 0 amide bonds. The number of H-pyrrole nitrogens is 1. The Morgan fingerprint density at radius 3 is 3.11 bits per heavy atom. The Morgan fingerprint density at radius 1 is 1.50 bits per heavy atom. The van der Waals surface area contributed by atoms with Crippen LogP contribution in [0.4, 0.5) is 0 Å². The molecule has 2 heterocycles. The van der Waals surface area contributed by atoms with Gasteiger partial charge in [-0.3, -0.25) is 0 Å². The average molecular weight is 357 g/mol. The summed E-state index contributed by atoms with van der Waals surface area (Å²) in [6.45, 7) is 0.737. The third-order valence-electron chi connectivity index (χ3n) is 3.16. The number of hydrogen-bond acceptors (Lipinski definition) is 3. The molecule has 0 fully saturated rings. The van der Waals surface area contributed by atoms with E-state index in [-0.39, 0.29) is 5.97 Å². The molecule has 4 nitrogen and oxygen atoms in total. The average Bonchev–Trinajstić information content (AvgIpc) is 2.76. The number of benzene rings is 1. The fourth-order valence-electron chi connectivity index (χ4n) is 2.30. The highest BCUT2D eigenvalue weighted by atomic mass is 127. The summed E-state index contributed by atoms with van der Waals surface area (Å²) < 4.78 is 11.4. The minimum atomic E-state index is -0.347. The number of ether oxygens (including phenoxy) is 2. The lowest BCUT2D eigenvalue weighted by Crippen LogP contribution is -2.08. The number of carbonyl (C=O) groups excluding carboxylic acids is 1. The monoisotopic (exact) mass is 357 g/mol. The quantitative estimate of drug-likeness (QED) is 0.631. The second-order valence-electron chi connectivity index (χ2n) is 4.23. The number of nitrogens with one attached hydrogen (secondary N) is 1. The van der Waals surface area contributed by atoms with Crippen molar-refractivity contribution < 1.29 is 14.3 Å². The minimum absolute atomic E-state index is 0.347. The van der Waals surface area contributed by atoms with Crippen molar-refractivity contribution in [3.05, 3.63) is 27.0 Å². The molecule has 0 atom stereocenters. The summed E-state index contributed by atoms with van der Waals surface area (Å²) in [7, 11) is 1.38. The van der Waals surface area contributed by atoms with Gasteiger partial charge in [-0.2, -0.15) is 0 Å². The maximum absolute atomic E-state index is 11.7. The molecule has 1 aliphatic heterocycles. The first-order valence-electron chi connectivity index (χ1n) is 5.76. The van der Waals surface area contributed by atoms with Gasteiger partial charge >= 0.3 is 5.97 Å². The van der Waals surface area contributed by atoms with Crippen molar-refractivity contribution in [1.82, 2.24) is 4.98 Å². The van der Waals surface area contributed by atoms with Crippen LogP contribution in [0.25, 0.3) is 10.9 Å². The first kappa shape index (κ1) is 11.8. The fourth-order valence-corrected chi connectivity index (χ4v) is 3.19. The number of methoxy groups -OCH3 is 1. The van der Waals surface area contributed by atoms with Crippen molar-refractivity contribution in [2.75, 3.05) is 13.7 Å². The molecule has 0 spiro atoms. The zero-order chi connectivity index (χ0) is 12.7. The van der Waals surface area contributed by atoms with Gasteiger partial charge in [-0.05, 0) is 47.1 Å². The normalized spacial score (nSPS) is 14.1. The number of hydrogen-bond donors (Lipinski definition) is 1. The predicted molar refractivity (Wildman–Crippen MR) is 76.2 cm³/mol. The Balaban J connectivity index is 2.28. The zero-order valence-corrected chi connectivity index (χ0v) is 12.0. The molecule has 5 heteroatoms. The Labute approximate surface area is 118 Å². The van der Waals surface area contributed by atoms with E-state index in [1.807, 2.05) is 6.07 Å². The van der Waals surface area contributed by atoms with E-state index in [1.54, 1.807) is 0 Å². The molecule has 3 rings (SSSR count). The molecule has 0 saturated carbocycles. The van der Waals surface area contributed by atoms with Gasteiger partial charge in [-0.15, -0.1) is 0 Å². The van der Waals surface area contributed by atoms with E-state index in [4.69, 9.17) is 9.47 Å². The Hall–Kier alpha value is -1.24. The van der Waals surface area contributed by atoms with E-state index < -0.39 is 0 Å². The molecule has 1 aromatic carbocycles. The van der Waals surface area contributed by atoms with Crippen LogP contribution in [0.1, 0.15) is 22.5 Å². The van der Waals surface area contributed by atoms with Crippen molar-refractivity contribution in [2.24, 2.45) is 0 Å². The van der Waals surface area contributed by atoms with Gasteiger partial charge in [0, 0.05) is 0 Å². The van der Waals surface area contributed by atoms with Crippen molar-refractivity contribution in [3.63, 3.8) is 0 Å². The van der Waals surface area contributed by atoms with Crippen LogP contribution in [-0.2, 0) is 11.2 Å². The third kappa shape index (κ3) is 1.68. The van der Waals surface area contributed by atoms with Crippen LogP contribution < -0.4 is 4.74 Å². The third-order valence-corrected chi connectivity index (χ3v) is 4.24. The van der Waals surface area contributed by atoms with Crippen LogP contribution in [-0.4, -0.2) is 24.7 Å². The largest absolute Gasteiger partial charge is 0.493 e. The first-order chi connectivity index (χ1) is 8.72. The van der Waals surface area contributed by atoms with Crippen LogP contribution >= 0.6 is 22.6 Å². The van der Waals surface area contributed by atoms with Crippen molar-refractivity contribution >= 4 is 39.5 Å². The van der Waals surface area contributed by atoms with E-state index in [9.17, 15) is 4.79 Å². The molecule has 1 aliphatic rings. The van der Waals surface area contributed by atoms with Crippen LogP contribution in [0.15, 0.2) is 12.1 Å². The van der Waals surface area contributed by atoms with E-state index in [2.05, 4.69) is 33.6 Å². The number of fused-ring (bicyclic) bond motifs is 3. The summed E-state index contributed by atoms with van der Waals surface area (Å²) >= 11 is 2.17. The molecule has 0 aliphatic carbocycles. The Kier molecular flexibility index (Phi) is 2.93. The van der Waals surface area contributed by atoms with Gasteiger partial charge in [0.05, 0.1) is 28.2 Å². The van der Waals surface area contributed by atoms with E-state index in [0.29, 0.717) is 5.69 Å². The SMILES string of the molecule is COC(=O)c1[nH]c2ccc3c(c2c1I)OCCC3. The minimum Gasteiger partial charge on any atom is -0.493 e. The van der Waals surface area contributed by atoms with Gasteiger partial charge in [-0.1, -0.05) is 6.07 Å². The second kappa shape index (κ2) is 4.46. The smallest absolute Gasteiger partial charge is 0.355 e. The summed E-state index contributed by atoms with van der Waals surface area (Å²) in [4.78, 5) is 14.8. The highest BCUT2D eigenvalue weighted by Gasteiger charge is 2.22. The summed E-state index contributed by atoms with van der Waals surface area (Å²) in [5.74, 6) is 0.565. The number of carbonyl (C=O) groups is 1. The molecule has 0 bridgehead atoms. The molecule has 0 unspecified atom stereocenters. The molecule has 1 N–H and O–H groups in total. The lowest BCUT2D eigenvalue weighted by Gasteiger charge is -2.18. The van der Waals surface area contributed by atoms with Gasteiger partial charge in [0.15, 0.2) is 0 Å². The molecule has 94 valence electrons. The lowest BCUT2D eigenvalue weighted by atomic mass is 10.0. The number of rotatable bonds is 1. The highest BCUT2D eigenvalue weighted by molar-refractivity contribution is 14.1. The maximum Gasteiger partial charge on any atom is 0.355 e. The summed E-state index contributed by atoms with van der Waals surface area (Å²) in [5.41, 5.74) is 2.62. The van der Waals surface area contributed by atoms with Gasteiger partial charge in [-0.25, -0.2) is 4.79 Å². The molecule has 0 radical (unpaired) electrons. The van der Waals surface area contributed by atoms with Crippen LogP contribution in [0.3, 0.4) is 0 Å². The summed E-state index contributed by atoms with van der Waals surface area (Å²) in [6.07, 6.45) is 2.07. The number of aromatic amines is 1. The number of esters is 1. The van der Waals surface area contributed by atoms with E-state index in [0.717, 1.165) is 39.7 Å². The topological polar surface area (TPSA) is 51.3 Å². The number of halogens is 1. The zero-order valence-electron chi connectivity index (χ0n) is 9.88. The highest BCUT2D eigenvalue weighted by Crippen LogP contribution is 2.37. The fraction of sp³-hybridized carbons (Fsp3) is 0.308. The van der Waals surface area contributed by atoms with Crippen molar-refractivity contribution in [1.29, 1.82) is 0 Å². The molecule has 1 aromatic heterocycles. The maximum atomic E-state index is 11.7. The Morgan fingerprint density at radius 2 is 2.33 bits per heavy atom. The van der Waals surface area contributed by atoms with Crippen LogP contribution in [0, 0.1) is 3.57 Å². The van der Waals surface area contributed by atoms with Crippen LogP contribution in [0.2, 0.25) is 0 Å². The Bertz CT molecular complexity index is 633. The second-order valence-corrected chi connectivity index (χ2v) is 5.31. The number of aryl methyl sites for hydroxylation is 1. The van der Waals surface area contributed by atoms with Crippen molar-refractivity contribution in [2.45, 2.75) is 12.8 Å². The molecular formula is C13H12INO3. The summed E-state index contributed by atoms with van der Waals surface area (Å²) in [6, 6.07) is 4.06. The number of aromatic nitrogens is 1. The van der Waals surface area contributed by atoms with Gasteiger partial charge in [0.2, 0.25) is 0 Å². The molecule has 2 aromatic rings. The molecule has 0 saturated heterocycles. The first-order valence-corrected chi connectivity index (χ1v) is 6.84. The van der Waals surface area contributed by atoms with Crippen LogP contribution in [0.5, 0.6) is 5.75 Å². The van der Waals surface area contributed by atoms with E-state index in [1.165, 1.54) is 12.7 Å². The summed E-state index contributed by atoms with van der Waals surface area (Å²) in [5, 5.41) is 0.994. The van der Waals surface area contributed by atoms with Gasteiger partial charge < -0.3 is 14.5 Å². The standard InChI is InChI=1S/C13H12INO3/c1-17-13(16)11-10(14)9-8(15-11)5-4-7-3-2-6-18-12(7)9/h4-5,15H,2-3,6H2,1H3. The van der Waals surface area contributed by atoms with Gasteiger partial charge in [0.1, 0.15) is 11.4 Å². The predicted octanol–water partition coefficient (Wildman–Crippen LogP) is 2.88. The lowest BCUT2D eigenvalue weighted by molar-refractivity contribution is 0.0594. The van der Waals surface area contributed by atoms with E-state index >= 15 is 0 Å². The van der Waals surface area contributed by atoms with Gasteiger partial charge in [0.25, 0.3) is 0 Å². The van der Waals surface area contributed by atoms with Crippen molar-refractivity contribution in [3.8, 4) is 5.75 Å². The molecule has 18 heavy (non-hydrogen) atoms.